The highest BCUT2D eigenvalue weighted by Crippen LogP contribution is 2.40. The summed E-state index contributed by atoms with van der Waals surface area (Å²) in [6, 6.07) is 12.6. The quantitative estimate of drug-likeness (QED) is 0.178. The minimum Gasteiger partial charge on any atom is -0.394 e. The molecule has 9 rings (SSSR count). The fraction of sp³-hybridized carbons (Fsp3) is 0.531. The normalized spacial score (nSPS) is 24.7. The van der Waals surface area contributed by atoms with E-state index in [2.05, 4.69) is 87.4 Å². The Morgan fingerprint density at radius 1 is 0.953 bits per heavy atom. The van der Waals surface area contributed by atoms with Crippen LogP contribution in [0.25, 0.3) is 0 Å². The van der Waals surface area contributed by atoms with Crippen molar-refractivity contribution in [2.45, 2.75) is 110 Å². The first kappa shape index (κ1) is 43.6. The van der Waals surface area contributed by atoms with Gasteiger partial charge in [0.2, 0.25) is 5.91 Å². The summed E-state index contributed by atoms with van der Waals surface area (Å²) >= 11 is 0. The second-order valence-electron chi connectivity index (χ2n) is 19.6. The zero-order chi connectivity index (χ0) is 45.0. The molecule has 0 bridgehead atoms. The van der Waals surface area contributed by atoms with Crippen molar-refractivity contribution in [1.29, 1.82) is 0 Å². The van der Waals surface area contributed by atoms with Crippen LogP contribution < -0.4 is 30.9 Å². The predicted molar refractivity (Wildman–Crippen MR) is 253 cm³/mol. The number of hydrogen-bond acceptors (Lipinski definition) is 11. The first-order valence-electron chi connectivity index (χ1n) is 23.2. The van der Waals surface area contributed by atoms with Gasteiger partial charge in [0.15, 0.2) is 5.82 Å². The molecular weight excluding hydrogens is 807 g/mol. The number of fused-ring (bicyclic) bond motifs is 3. The van der Waals surface area contributed by atoms with Gasteiger partial charge < -0.3 is 44.5 Å². The molecule has 0 saturated carbocycles. The Kier molecular flexibility index (Phi) is 11.8. The predicted octanol–water partition coefficient (Wildman–Crippen LogP) is 5.33. The second kappa shape index (κ2) is 17.4. The molecule has 5 aliphatic rings. The number of aliphatic hydroxyl groups excluding tert-OH is 1. The highest BCUT2D eigenvalue weighted by molar-refractivity contribution is 6.02. The molecule has 3 aromatic heterocycles. The second-order valence-corrected chi connectivity index (χ2v) is 19.6. The lowest BCUT2D eigenvalue weighted by molar-refractivity contribution is -0.111. The molecule has 15 heteroatoms. The Labute approximate surface area is 376 Å². The minimum absolute atomic E-state index is 0.0152. The molecule has 4 aromatic rings. The van der Waals surface area contributed by atoms with Crippen molar-refractivity contribution in [3.63, 3.8) is 0 Å². The maximum Gasteiger partial charge on any atom is 0.293 e. The number of pyridine rings is 1. The molecule has 1 aromatic carbocycles. The van der Waals surface area contributed by atoms with Crippen molar-refractivity contribution in [3.05, 3.63) is 94.4 Å². The lowest BCUT2D eigenvalue weighted by Crippen LogP contribution is -2.60. The fourth-order valence-electron chi connectivity index (χ4n) is 11.5. The van der Waals surface area contributed by atoms with Crippen LogP contribution in [0.1, 0.15) is 80.8 Å². The first-order chi connectivity index (χ1) is 30.7. The number of anilines is 6. The molecular formula is C49H65N11O4. The van der Waals surface area contributed by atoms with Gasteiger partial charge in [0.25, 0.3) is 11.5 Å². The van der Waals surface area contributed by atoms with Gasteiger partial charge in [-0.15, -0.1) is 0 Å². The van der Waals surface area contributed by atoms with Gasteiger partial charge in [-0.3, -0.25) is 24.3 Å². The van der Waals surface area contributed by atoms with E-state index in [0.717, 1.165) is 88.3 Å². The van der Waals surface area contributed by atoms with Crippen molar-refractivity contribution in [3.8, 4) is 0 Å². The molecule has 3 N–H and O–H groups in total. The van der Waals surface area contributed by atoms with Crippen molar-refractivity contribution in [2.24, 2.45) is 12.5 Å². The van der Waals surface area contributed by atoms with Crippen LogP contribution >= 0.6 is 0 Å². The maximum absolute atomic E-state index is 14.1. The van der Waals surface area contributed by atoms with Crippen LogP contribution in [0.3, 0.4) is 0 Å². The van der Waals surface area contributed by atoms with E-state index in [4.69, 9.17) is 4.98 Å². The molecule has 3 saturated heterocycles. The van der Waals surface area contributed by atoms with Crippen LogP contribution in [0.2, 0.25) is 0 Å². The molecule has 4 aliphatic heterocycles. The number of nitrogens with zero attached hydrogens (tertiary/aromatic N) is 9. The molecule has 15 nitrogen and oxygen atoms in total. The summed E-state index contributed by atoms with van der Waals surface area (Å²) < 4.78 is 3.73. The molecule has 3 unspecified atom stereocenters. The molecule has 3 fully saturated rings. The van der Waals surface area contributed by atoms with Crippen LogP contribution in [0.15, 0.2) is 66.2 Å². The fourth-order valence-corrected chi connectivity index (χ4v) is 11.5. The number of aliphatic hydroxyl groups is 1. The van der Waals surface area contributed by atoms with Crippen LogP contribution in [-0.4, -0.2) is 122 Å². The molecule has 340 valence electrons. The summed E-state index contributed by atoms with van der Waals surface area (Å²) in [5.41, 5.74) is 7.59. The van der Waals surface area contributed by atoms with Crippen LogP contribution in [0, 0.1) is 12.3 Å². The summed E-state index contributed by atoms with van der Waals surface area (Å²) in [5.74, 6) is 0.354. The van der Waals surface area contributed by atoms with Crippen molar-refractivity contribution in [2.75, 3.05) is 71.2 Å². The first-order valence-corrected chi connectivity index (χ1v) is 23.2. The van der Waals surface area contributed by atoms with Crippen molar-refractivity contribution in [1.82, 2.24) is 28.9 Å². The van der Waals surface area contributed by atoms with Gasteiger partial charge in [-0.25, -0.2) is 4.98 Å². The zero-order valence-electron chi connectivity index (χ0n) is 38.4. The Morgan fingerprint density at radius 3 is 2.52 bits per heavy atom. The van der Waals surface area contributed by atoms with Crippen LogP contribution in [0.5, 0.6) is 0 Å². The van der Waals surface area contributed by atoms with Gasteiger partial charge in [-0.05, 0) is 113 Å². The van der Waals surface area contributed by atoms with E-state index >= 15 is 0 Å². The van der Waals surface area contributed by atoms with Crippen molar-refractivity contribution < 1.29 is 14.7 Å². The van der Waals surface area contributed by atoms with Gasteiger partial charge in [0.1, 0.15) is 11.5 Å². The molecule has 2 amide bonds. The highest BCUT2D eigenvalue weighted by Gasteiger charge is 2.43. The standard InChI is InChI=1S/C49H65N11O4/c1-8-45(62)52-38-25-35(11-12-39(38)57-19-18-55(28-33(57)4)36-14-17-56(32(3)23-36)37-13-15-50-31(2)22-37)51-46-48(64)54(7)29-44(53-46)59-16-9-10-40(43(59)30-61)60-21-20-58-41(47(60)63)24-34-26-49(5,6)27-42(34)58/h8,11-13,15,22,24-25,29,32-33,36,40,43,61H,1,9-10,14,16-21,23,26-28,30H2,2-7H3,(H,51,53)(H,52,62)/t32-,33+,36?,40?,43?/m1/s1. The highest BCUT2D eigenvalue weighted by atomic mass is 16.3. The lowest BCUT2D eigenvalue weighted by Gasteiger charge is -2.48. The van der Waals surface area contributed by atoms with E-state index in [1.165, 1.54) is 27.6 Å². The molecule has 5 atom stereocenters. The molecule has 0 radical (unpaired) electrons. The Bertz CT molecular complexity index is 2500. The average molecular weight is 872 g/mol. The summed E-state index contributed by atoms with van der Waals surface area (Å²) in [4.78, 5) is 61.5. The van der Waals surface area contributed by atoms with Gasteiger partial charge in [0, 0.05) is 106 Å². The number of benzene rings is 1. The van der Waals surface area contributed by atoms with Gasteiger partial charge in [0.05, 0.1) is 30.1 Å². The summed E-state index contributed by atoms with van der Waals surface area (Å²) in [6.45, 7) is 20.3. The molecule has 1 aliphatic carbocycles. The number of carbonyl (C=O) groups excluding carboxylic acids is 2. The van der Waals surface area contributed by atoms with Crippen LogP contribution in [-0.2, 0) is 31.2 Å². The summed E-state index contributed by atoms with van der Waals surface area (Å²) in [7, 11) is 1.70. The maximum atomic E-state index is 14.1. The van der Waals surface area contributed by atoms with E-state index in [1.807, 2.05) is 41.1 Å². The van der Waals surface area contributed by atoms with E-state index < -0.39 is 6.04 Å². The van der Waals surface area contributed by atoms with Crippen LogP contribution in [0.4, 0.5) is 34.4 Å². The third-order valence-electron chi connectivity index (χ3n) is 14.6. The largest absolute Gasteiger partial charge is 0.394 e. The number of piperidine rings is 2. The molecule has 7 heterocycles. The average Bonchev–Trinajstić information content (AvgIpc) is 3.77. The van der Waals surface area contributed by atoms with Gasteiger partial charge in [-0.2, -0.15) is 0 Å². The Morgan fingerprint density at radius 2 is 1.77 bits per heavy atom. The number of aryl methyl sites for hydroxylation is 2. The number of carbonyl (C=O) groups is 2. The lowest BCUT2D eigenvalue weighted by atomic mass is 9.90. The van der Waals surface area contributed by atoms with E-state index in [1.54, 1.807) is 13.2 Å². The number of amides is 2. The number of piperazine rings is 1. The van der Waals surface area contributed by atoms with E-state index in [0.29, 0.717) is 42.4 Å². The SMILES string of the molecule is C=CC(=O)Nc1cc(Nc2nc(N3CCCC(N4CCn5c(cc6c5CC(C)(C)C6)C4=O)C3CO)cn(C)c2=O)ccc1N1CCN(C2CCN(c3ccnc(C)c3)[C@H](C)C2)C[C@@H]1C. The third kappa shape index (κ3) is 8.28. The van der Waals surface area contributed by atoms with Gasteiger partial charge >= 0.3 is 0 Å². The smallest absolute Gasteiger partial charge is 0.293 e. The molecule has 64 heavy (non-hydrogen) atoms. The summed E-state index contributed by atoms with van der Waals surface area (Å²) in [6.07, 6.45) is 10.6. The number of aromatic nitrogens is 4. The van der Waals surface area contributed by atoms with Gasteiger partial charge in [-0.1, -0.05) is 20.4 Å². The van der Waals surface area contributed by atoms with E-state index in [-0.39, 0.29) is 47.3 Å². The Hall–Kier alpha value is -5.67. The monoisotopic (exact) mass is 872 g/mol. The number of hydrogen-bond donors (Lipinski definition) is 3. The Balaban J connectivity index is 0.907. The molecule has 0 spiro atoms. The topological polar surface area (TPSA) is 147 Å². The third-order valence-corrected chi connectivity index (χ3v) is 14.6. The number of nitrogens with one attached hydrogen (secondary N) is 2. The van der Waals surface area contributed by atoms with Crippen molar-refractivity contribution >= 4 is 46.2 Å². The minimum atomic E-state index is -0.405. The number of rotatable bonds is 10. The summed E-state index contributed by atoms with van der Waals surface area (Å²) in [5, 5.41) is 17.3. The van der Waals surface area contributed by atoms with E-state index in [9.17, 15) is 19.5 Å². The zero-order valence-corrected chi connectivity index (χ0v) is 38.4.